The lowest BCUT2D eigenvalue weighted by atomic mass is 10.2. The highest BCUT2D eigenvalue weighted by Gasteiger charge is 2.58. The second kappa shape index (κ2) is 6.74. The number of imidazole rings is 1. The highest BCUT2D eigenvalue weighted by atomic mass is 19.3. The Kier molecular flexibility index (Phi) is 4.37. The van der Waals surface area contributed by atoms with Crippen molar-refractivity contribution in [2.75, 3.05) is 19.0 Å². The molecule has 7 nitrogen and oxygen atoms in total. The second-order valence-corrected chi connectivity index (χ2v) is 6.45. The highest BCUT2D eigenvalue weighted by molar-refractivity contribution is 6.05. The zero-order valence-corrected chi connectivity index (χ0v) is 15.3. The predicted octanol–water partition coefficient (Wildman–Crippen LogP) is 3.51. The van der Waals surface area contributed by atoms with Gasteiger partial charge in [0.05, 0.1) is 30.9 Å². The zero-order valence-electron chi connectivity index (χ0n) is 15.3. The first kappa shape index (κ1) is 18.1. The molecule has 1 amide bonds. The van der Waals surface area contributed by atoms with Crippen LogP contribution in [0.4, 0.5) is 14.6 Å². The van der Waals surface area contributed by atoms with E-state index in [1.54, 1.807) is 35.6 Å². The van der Waals surface area contributed by atoms with Gasteiger partial charge in [0.2, 0.25) is 5.88 Å². The number of nitrogens with one attached hydrogen (secondary N) is 1. The average molecular weight is 388 g/mol. The third-order valence-corrected chi connectivity index (χ3v) is 4.48. The van der Waals surface area contributed by atoms with Gasteiger partial charge in [-0.2, -0.15) is 4.98 Å². The van der Waals surface area contributed by atoms with Crippen LogP contribution in [0.3, 0.4) is 0 Å². The Hall–Kier alpha value is -3.23. The number of halogens is 2. The normalized spacial score (nSPS) is 17.4. The van der Waals surface area contributed by atoms with Gasteiger partial charge in [-0.05, 0) is 13.0 Å². The molecule has 0 radical (unpaired) electrons. The third kappa shape index (κ3) is 3.35. The van der Waals surface area contributed by atoms with Gasteiger partial charge >= 0.3 is 0 Å². The molecular formula is C19H18F2N4O3. The lowest BCUT2D eigenvalue weighted by Crippen LogP contribution is -2.15. The molecule has 146 valence electrons. The number of hydrogen-bond donors (Lipinski definition) is 1. The smallest absolute Gasteiger partial charge is 0.262 e. The summed E-state index contributed by atoms with van der Waals surface area (Å²) in [4.78, 5) is 21.2. The lowest BCUT2D eigenvalue weighted by Gasteiger charge is -2.11. The van der Waals surface area contributed by atoms with Crippen molar-refractivity contribution >= 4 is 17.4 Å². The van der Waals surface area contributed by atoms with Crippen LogP contribution in [-0.2, 0) is 0 Å². The summed E-state index contributed by atoms with van der Waals surface area (Å²) in [6, 6.07) is 6.56. The quantitative estimate of drug-likeness (QED) is 0.699. The third-order valence-electron chi connectivity index (χ3n) is 4.48. The van der Waals surface area contributed by atoms with Crippen molar-refractivity contribution in [1.29, 1.82) is 0 Å². The summed E-state index contributed by atoms with van der Waals surface area (Å²) >= 11 is 0. The van der Waals surface area contributed by atoms with Crippen molar-refractivity contribution in [1.82, 2.24) is 14.4 Å². The molecule has 3 aromatic rings. The first-order valence-electron chi connectivity index (χ1n) is 8.77. The number of alkyl halides is 2. The van der Waals surface area contributed by atoms with Crippen LogP contribution in [0.1, 0.15) is 35.3 Å². The molecule has 0 saturated heterocycles. The first-order valence-corrected chi connectivity index (χ1v) is 8.77. The minimum atomic E-state index is -2.71. The number of methoxy groups -OCH3 is 1. The van der Waals surface area contributed by atoms with Gasteiger partial charge in [0.25, 0.3) is 11.8 Å². The number of aromatic nitrogens is 3. The van der Waals surface area contributed by atoms with Crippen LogP contribution in [-0.4, -0.2) is 39.9 Å². The molecule has 0 aromatic carbocycles. The monoisotopic (exact) mass is 388 g/mol. The van der Waals surface area contributed by atoms with Gasteiger partial charge in [0.1, 0.15) is 17.2 Å². The minimum absolute atomic E-state index is 0.204. The number of pyridine rings is 2. The number of carbonyl (C=O) groups is 1. The van der Waals surface area contributed by atoms with Gasteiger partial charge in [-0.3, -0.25) is 4.79 Å². The fourth-order valence-electron chi connectivity index (χ4n) is 2.96. The van der Waals surface area contributed by atoms with Crippen molar-refractivity contribution < 1.29 is 23.0 Å². The van der Waals surface area contributed by atoms with E-state index in [4.69, 9.17) is 9.47 Å². The molecule has 0 unspecified atom stereocenters. The lowest BCUT2D eigenvalue weighted by molar-refractivity contribution is 0.102. The number of hydrogen-bond acceptors (Lipinski definition) is 5. The Bertz CT molecular complexity index is 1050. The fourth-order valence-corrected chi connectivity index (χ4v) is 2.96. The number of fused-ring (bicyclic) bond motifs is 1. The molecule has 1 atom stereocenters. The van der Waals surface area contributed by atoms with Crippen LogP contribution in [0.5, 0.6) is 11.6 Å². The largest absolute Gasteiger partial charge is 0.493 e. The Balaban J connectivity index is 1.67. The summed E-state index contributed by atoms with van der Waals surface area (Å²) in [6.07, 6.45) is 2.84. The minimum Gasteiger partial charge on any atom is -0.493 e. The van der Waals surface area contributed by atoms with Crippen LogP contribution < -0.4 is 14.8 Å². The second-order valence-electron chi connectivity index (χ2n) is 6.45. The van der Waals surface area contributed by atoms with E-state index in [-0.39, 0.29) is 12.0 Å². The number of ether oxygens (including phenoxy) is 2. The van der Waals surface area contributed by atoms with Crippen molar-refractivity contribution in [2.45, 2.75) is 25.2 Å². The van der Waals surface area contributed by atoms with E-state index in [0.717, 1.165) is 0 Å². The van der Waals surface area contributed by atoms with Crippen LogP contribution in [0.25, 0.3) is 5.65 Å². The van der Waals surface area contributed by atoms with Crippen molar-refractivity contribution in [2.24, 2.45) is 0 Å². The fraction of sp³-hybridized carbons (Fsp3) is 0.316. The maximum absolute atomic E-state index is 13.4. The van der Waals surface area contributed by atoms with E-state index in [2.05, 4.69) is 15.3 Å². The summed E-state index contributed by atoms with van der Waals surface area (Å²) in [7, 11) is 1.48. The maximum Gasteiger partial charge on any atom is 0.262 e. The van der Waals surface area contributed by atoms with E-state index in [0.29, 0.717) is 35.4 Å². The van der Waals surface area contributed by atoms with Crippen LogP contribution >= 0.6 is 0 Å². The molecule has 1 N–H and O–H groups in total. The van der Waals surface area contributed by atoms with Gasteiger partial charge in [-0.1, -0.05) is 6.07 Å². The van der Waals surface area contributed by atoms with Gasteiger partial charge in [-0.15, -0.1) is 0 Å². The Morgan fingerprint density at radius 3 is 2.82 bits per heavy atom. The molecule has 3 aromatic heterocycles. The number of rotatable bonds is 6. The van der Waals surface area contributed by atoms with E-state index >= 15 is 0 Å². The van der Waals surface area contributed by atoms with Gasteiger partial charge in [-0.25, -0.2) is 13.8 Å². The predicted molar refractivity (Wildman–Crippen MR) is 97.4 cm³/mol. The molecule has 1 aliphatic rings. The number of nitrogens with zero attached hydrogens (tertiary/aromatic N) is 3. The highest BCUT2D eigenvalue weighted by Crippen LogP contribution is 2.55. The van der Waals surface area contributed by atoms with E-state index in [1.165, 1.54) is 19.5 Å². The van der Waals surface area contributed by atoms with Crippen molar-refractivity contribution in [3.63, 3.8) is 0 Å². The number of anilines is 1. The van der Waals surface area contributed by atoms with E-state index in [1.807, 2.05) is 0 Å². The molecular weight excluding hydrogens is 370 g/mol. The average Bonchev–Trinajstić information content (AvgIpc) is 3.11. The number of carbonyl (C=O) groups excluding carboxylic acids is 1. The number of amides is 1. The molecule has 9 heteroatoms. The van der Waals surface area contributed by atoms with Crippen LogP contribution in [0.2, 0.25) is 0 Å². The molecule has 0 spiro atoms. The topological polar surface area (TPSA) is 77.8 Å². The Labute approximate surface area is 159 Å². The van der Waals surface area contributed by atoms with Crippen molar-refractivity contribution in [3.05, 3.63) is 47.9 Å². The summed E-state index contributed by atoms with van der Waals surface area (Å²) in [5.41, 5.74) is 0.988. The van der Waals surface area contributed by atoms with Gasteiger partial charge < -0.3 is 19.2 Å². The molecule has 1 aliphatic carbocycles. The molecule has 0 aliphatic heterocycles. The first-order chi connectivity index (χ1) is 13.4. The summed E-state index contributed by atoms with van der Waals surface area (Å²) in [6.45, 7) is 2.12. The van der Waals surface area contributed by atoms with Crippen LogP contribution in [0.15, 0.2) is 36.7 Å². The molecule has 1 saturated carbocycles. The Morgan fingerprint density at radius 1 is 1.36 bits per heavy atom. The standard InChI is InChI=1S/C19H18F2N4O3/c1-3-28-14-7-16-22-13(12-8-19(12,20)21)10-25(16)9-11(14)18(26)24-15-5-4-6-17(23-15)27-2/h4-7,9-10,12H,3,8H2,1-2H3,(H,23,24,26)/t12-/m0/s1. The summed E-state index contributed by atoms with van der Waals surface area (Å²) < 4.78 is 38.9. The summed E-state index contributed by atoms with van der Waals surface area (Å²) in [5, 5.41) is 2.69. The van der Waals surface area contributed by atoms with Crippen LogP contribution in [0, 0.1) is 0 Å². The zero-order chi connectivity index (χ0) is 19.9. The Morgan fingerprint density at radius 2 is 2.14 bits per heavy atom. The summed E-state index contributed by atoms with van der Waals surface area (Å²) in [5.74, 6) is -3.04. The van der Waals surface area contributed by atoms with E-state index < -0.39 is 17.7 Å². The SMILES string of the molecule is CCOc1cc2nc([C@@H]3CC3(F)F)cn2cc1C(=O)Nc1cccc(OC)n1. The van der Waals surface area contributed by atoms with Gasteiger partial charge in [0.15, 0.2) is 0 Å². The molecule has 3 heterocycles. The molecule has 4 rings (SSSR count). The molecule has 0 bridgehead atoms. The van der Waals surface area contributed by atoms with Gasteiger partial charge in [0, 0.05) is 30.9 Å². The van der Waals surface area contributed by atoms with E-state index in [9.17, 15) is 13.6 Å². The molecule has 1 fully saturated rings. The maximum atomic E-state index is 13.4. The van der Waals surface area contributed by atoms with Crippen molar-refractivity contribution in [3.8, 4) is 11.6 Å². The molecule has 28 heavy (non-hydrogen) atoms.